The van der Waals surface area contributed by atoms with Gasteiger partial charge in [0.2, 0.25) is 0 Å². The van der Waals surface area contributed by atoms with Crippen molar-refractivity contribution >= 4 is 6.16 Å². The molecule has 0 saturated carbocycles. The Hall–Kier alpha value is -0.122. The Kier molecular flexibility index (Phi) is 7.23. The monoisotopic (exact) mass is 359 g/mol. The number of rotatable bonds is 4. The van der Waals surface area contributed by atoms with E-state index in [0.717, 1.165) is 0 Å². The summed E-state index contributed by atoms with van der Waals surface area (Å²) in [6, 6.07) is 0. The molecule has 0 aromatic rings. The fourth-order valence-corrected chi connectivity index (χ4v) is 0.664. The Labute approximate surface area is 90.9 Å². The molecule has 0 spiro atoms. The number of carbonyl (C=O) groups is 1. The van der Waals surface area contributed by atoms with Gasteiger partial charge in [0, 0.05) is 21.1 Å². The molecule has 0 bridgehead atoms. The van der Waals surface area contributed by atoms with Crippen molar-refractivity contribution in [3.05, 3.63) is 5.92 Å². The van der Waals surface area contributed by atoms with E-state index in [-0.39, 0.29) is 27.9 Å². The quantitative estimate of drug-likeness (QED) is 0.314. The normalized spacial score (nSPS) is 15.5. The van der Waals surface area contributed by atoms with E-state index in [2.05, 4.69) is 9.47 Å². The molecule has 1 heterocycles. The minimum absolute atomic E-state index is 0. The van der Waals surface area contributed by atoms with Gasteiger partial charge in [-0.05, 0) is 0 Å². The second kappa shape index (κ2) is 7.30. The summed E-state index contributed by atoms with van der Waals surface area (Å²) >= 11 is 0. The minimum atomic E-state index is -0.732. The Balaban J connectivity index is 0.00000144. The molecule has 1 saturated heterocycles. The van der Waals surface area contributed by atoms with Crippen molar-refractivity contribution in [2.24, 2.45) is 0 Å². The summed E-state index contributed by atoms with van der Waals surface area (Å²) in [7, 11) is 1.25. The van der Waals surface area contributed by atoms with Crippen LogP contribution in [0.3, 0.4) is 0 Å². The summed E-state index contributed by atoms with van der Waals surface area (Å²) in [5.74, 6) is 1.17. The minimum Gasteiger partial charge on any atom is -0.444 e. The van der Waals surface area contributed by atoms with Gasteiger partial charge in [-0.25, -0.2) is 10.7 Å². The van der Waals surface area contributed by atoms with Crippen LogP contribution in [0.2, 0.25) is 0 Å². The van der Waals surface area contributed by atoms with Crippen molar-refractivity contribution in [2.45, 2.75) is 0 Å². The molecule has 5 nitrogen and oxygen atoms in total. The molecule has 13 heavy (non-hydrogen) atoms. The van der Waals surface area contributed by atoms with Crippen molar-refractivity contribution in [3.8, 4) is 0 Å². The Morgan fingerprint density at radius 2 is 2.23 bits per heavy atom. The molecule has 0 unspecified atom stereocenters. The van der Waals surface area contributed by atoms with Crippen LogP contribution in [0.4, 0.5) is 4.79 Å². The van der Waals surface area contributed by atoms with E-state index in [0.29, 0.717) is 19.8 Å². The van der Waals surface area contributed by atoms with Crippen LogP contribution in [0.25, 0.3) is 0 Å². The van der Waals surface area contributed by atoms with Crippen LogP contribution in [-0.4, -0.2) is 39.9 Å². The van der Waals surface area contributed by atoms with Gasteiger partial charge in [0.15, 0.2) is 6.79 Å². The van der Waals surface area contributed by atoms with Gasteiger partial charge < -0.3 is 18.9 Å². The predicted octanol–water partition coefficient (Wildman–Crippen LogP) is 0.346. The topological polar surface area (TPSA) is 54.0 Å². The fraction of sp³-hybridized carbons (Fsp3) is 0.714. The second-order valence-electron chi connectivity index (χ2n) is 2.31. The zero-order chi connectivity index (χ0) is 8.81. The molecular weight excluding hydrogens is 348 g/mol. The summed E-state index contributed by atoms with van der Waals surface area (Å²) in [5.41, 5.74) is 0. The van der Waals surface area contributed by atoms with E-state index < -0.39 is 6.16 Å². The van der Waals surface area contributed by atoms with Crippen molar-refractivity contribution in [2.75, 3.05) is 33.7 Å². The van der Waals surface area contributed by atoms with Crippen LogP contribution < -0.4 is 0 Å². The molecule has 0 radical (unpaired) electrons. The van der Waals surface area contributed by atoms with Gasteiger partial charge in [0.1, 0.15) is 0 Å². The van der Waals surface area contributed by atoms with Crippen molar-refractivity contribution in [3.63, 3.8) is 0 Å². The molecule has 0 amide bonds. The first-order valence-corrected chi connectivity index (χ1v) is 3.52. The van der Waals surface area contributed by atoms with Crippen LogP contribution in [0.15, 0.2) is 0 Å². The third kappa shape index (κ3) is 5.24. The molecule has 1 fully saturated rings. The molecular formula is C7H11O5W-. The first-order chi connectivity index (χ1) is 5.83. The van der Waals surface area contributed by atoms with Crippen LogP contribution in [-0.2, 0) is 40.0 Å². The molecule has 0 N–H and O–H groups in total. The van der Waals surface area contributed by atoms with Crippen molar-refractivity contribution in [1.82, 2.24) is 0 Å². The SMILES string of the molecule is COC(=O)OCOC[C-]1COC1.[W]. The van der Waals surface area contributed by atoms with E-state index in [1.54, 1.807) is 0 Å². The van der Waals surface area contributed by atoms with Gasteiger partial charge in [-0.1, -0.05) is 19.8 Å². The van der Waals surface area contributed by atoms with Gasteiger partial charge in [0.05, 0.1) is 7.11 Å². The summed E-state index contributed by atoms with van der Waals surface area (Å²) < 4.78 is 18.6. The molecule has 76 valence electrons. The van der Waals surface area contributed by atoms with E-state index >= 15 is 0 Å². The van der Waals surface area contributed by atoms with Crippen LogP contribution in [0.5, 0.6) is 0 Å². The maximum Gasteiger partial charge on any atom is 0.510 e. The van der Waals surface area contributed by atoms with Crippen LogP contribution in [0.1, 0.15) is 0 Å². The maximum atomic E-state index is 10.4. The van der Waals surface area contributed by atoms with Gasteiger partial charge in [-0.2, -0.15) is 0 Å². The molecule has 0 aromatic carbocycles. The van der Waals surface area contributed by atoms with Gasteiger partial charge >= 0.3 is 6.16 Å². The van der Waals surface area contributed by atoms with Gasteiger partial charge in [0.25, 0.3) is 0 Å². The largest absolute Gasteiger partial charge is 0.510 e. The van der Waals surface area contributed by atoms with Crippen LogP contribution in [0, 0.1) is 5.92 Å². The van der Waals surface area contributed by atoms with E-state index in [9.17, 15) is 4.79 Å². The van der Waals surface area contributed by atoms with Gasteiger partial charge in [-0.15, -0.1) is 0 Å². The first kappa shape index (κ1) is 12.9. The molecule has 1 aliphatic heterocycles. The smallest absolute Gasteiger partial charge is 0.444 e. The summed E-state index contributed by atoms with van der Waals surface area (Å²) in [5, 5.41) is 0. The molecule has 6 heteroatoms. The zero-order valence-corrected chi connectivity index (χ0v) is 10.2. The Bertz CT molecular complexity index is 148. The second-order valence-corrected chi connectivity index (χ2v) is 2.31. The Morgan fingerprint density at radius 3 is 2.69 bits per heavy atom. The third-order valence-electron chi connectivity index (χ3n) is 1.35. The predicted molar refractivity (Wildman–Crippen MR) is 38.4 cm³/mol. The molecule has 0 aromatic heterocycles. The molecule has 1 aliphatic rings. The molecule has 1 rings (SSSR count). The number of hydrogen-bond donors (Lipinski definition) is 0. The van der Waals surface area contributed by atoms with Crippen LogP contribution >= 0.6 is 0 Å². The number of ether oxygens (including phenoxy) is 4. The summed E-state index contributed by atoms with van der Waals surface area (Å²) in [4.78, 5) is 10.4. The third-order valence-corrected chi connectivity index (χ3v) is 1.35. The fourth-order valence-electron chi connectivity index (χ4n) is 0.664. The number of methoxy groups -OCH3 is 1. The average Bonchev–Trinajstić information content (AvgIpc) is 2.00. The van der Waals surface area contributed by atoms with Crippen molar-refractivity contribution in [1.29, 1.82) is 0 Å². The Morgan fingerprint density at radius 1 is 1.54 bits per heavy atom. The number of hydrogen-bond acceptors (Lipinski definition) is 5. The maximum absolute atomic E-state index is 10.4. The summed E-state index contributed by atoms with van der Waals surface area (Å²) in [6.45, 7) is 1.71. The number of carbonyl (C=O) groups excluding carboxylic acids is 1. The summed E-state index contributed by atoms with van der Waals surface area (Å²) in [6.07, 6.45) is -0.732. The molecule has 0 atom stereocenters. The standard InChI is InChI=1S/C7H11O5.W/c1-9-7(8)12-5-11-4-6-2-10-3-6;/h2-5H2,1H3;/q-1;. The van der Waals surface area contributed by atoms with Gasteiger partial charge in [-0.3, -0.25) is 0 Å². The average molecular weight is 359 g/mol. The van der Waals surface area contributed by atoms with E-state index in [1.165, 1.54) is 13.0 Å². The molecule has 0 aliphatic carbocycles. The van der Waals surface area contributed by atoms with E-state index in [1.807, 2.05) is 0 Å². The zero-order valence-electron chi connectivity index (χ0n) is 7.28. The first-order valence-electron chi connectivity index (χ1n) is 3.52. The van der Waals surface area contributed by atoms with E-state index in [4.69, 9.17) is 9.47 Å². The van der Waals surface area contributed by atoms with Crippen molar-refractivity contribution < 1.29 is 44.8 Å².